The van der Waals surface area contributed by atoms with Gasteiger partial charge in [-0.3, -0.25) is 0 Å². The van der Waals surface area contributed by atoms with Gasteiger partial charge in [0.05, 0.1) is 5.56 Å². The Morgan fingerprint density at radius 1 is 1.31 bits per heavy atom. The van der Waals surface area contributed by atoms with E-state index in [9.17, 15) is 4.79 Å². The molecule has 0 saturated heterocycles. The smallest absolute Gasteiger partial charge is 0.566 e. The van der Waals surface area contributed by atoms with E-state index in [1.165, 1.54) is 6.61 Å². The summed E-state index contributed by atoms with van der Waals surface area (Å²) in [4.78, 5) is 10.2. The minimum atomic E-state index is -0.879. The molecule has 0 aliphatic rings. The SMILES string of the molecule is CCCC[CH-]O.O=C(O)c1ccccc1.[K+]. The third-order valence-corrected chi connectivity index (χ3v) is 1.71. The topological polar surface area (TPSA) is 57.5 Å². The maximum atomic E-state index is 10.2. The first kappa shape index (κ1) is 18.6. The maximum absolute atomic E-state index is 10.2. The van der Waals surface area contributed by atoms with Crippen molar-refractivity contribution in [2.75, 3.05) is 0 Å². The summed E-state index contributed by atoms with van der Waals surface area (Å²) in [5, 5.41) is 16.5. The Balaban J connectivity index is 0. The summed E-state index contributed by atoms with van der Waals surface area (Å²) in [7, 11) is 0. The fourth-order valence-corrected chi connectivity index (χ4v) is 0.876. The molecule has 84 valence electrons. The van der Waals surface area contributed by atoms with Crippen molar-refractivity contribution in [3.8, 4) is 0 Å². The van der Waals surface area contributed by atoms with Gasteiger partial charge in [-0.2, -0.15) is 6.42 Å². The molecule has 4 heteroatoms. The van der Waals surface area contributed by atoms with Crippen LogP contribution < -0.4 is 51.4 Å². The van der Waals surface area contributed by atoms with E-state index >= 15 is 0 Å². The minimum Gasteiger partial charge on any atom is -0.566 e. The van der Waals surface area contributed by atoms with Crippen LogP contribution in [-0.4, -0.2) is 16.2 Å². The first-order chi connectivity index (χ1) is 7.22. The Morgan fingerprint density at radius 2 is 1.88 bits per heavy atom. The van der Waals surface area contributed by atoms with Gasteiger partial charge in [-0.25, -0.2) is 11.4 Å². The van der Waals surface area contributed by atoms with Crippen LogP contribution in [0.25, 0.3) is 0 Å². The van der Waals surface area contributed by atoms with Gasteiger partial charge in [-0.05, 0) is 12.1 Å². The van der Waals surface area contributed by atoms with Crippen molar-refractivity contribution in [1.29, 1.82) is 0 Å². The van der Waals surface area contributed by atoms with E-state index in [-0.39, 0.29) is 51.4 Å². The minimum absolute atomic E-state index is 0. The number of hydrogen-bond donors (Lipinski definition) is 2. The normalized spacial score (nSPS) is 8.38. The molecule has 0 fully saturated rings. The number of aliphatic hydroxyl groups is 1. The molecule has 16 heavy (non-hydrogen) atoms. The number of aliphatic hydroxyl groups excluding tert-OH is 1. The summed E-state index contributed by atoms with van der Waals surface area (Å²) >= 11 is 0. The number of aromatic carboxylic acids is 1. The molecule has 0 atom stereocenters. The number of benzene rings is 1. The molecular weight excluding hydrogens is 231 g/mol. The zero-order valence-electron chi connectivity index (χ0n) is 9.89. The van der Waals surface area contributed by atoms with Crippen LogP contribution in [0.3, 0.4) is 0 Å². The molecule has 0 spiro atoms. The Hall–Kier alpha value is 0.286. The molecule has 0 unspecified atom stereocenters. The zero-order valence-corrected chi connectivity index (χ0v) is 13.0. The van der Waals surface area contributed by atoms with Crippen molar-refractivity contribution in [2.24, 2.45) is 0 Å². The quantitative estimate of drug-likeness (QED) is 0.451. The monoisotopic (exact) mass is 248 g/mol. The van der Waals surface area contributed by atoms with E-state index in [0.29, 0.717) is 5.56 Å². The van der Waals surface area contributed by atoms with Gasteiger partial charge in [0.2, 0.25) is 0 Å². The van der Waals surface area contributed by atoms with E-state index in [2.05, 4.69) is 6.92 Å². The van der Waals surface area contributed by atoms with E-state index in [1.54, 1.807) is 30.3 Å². The van der Waals surface area contributed by atoms with Gasteiger partial charge in [-0.15, -0.1) is 0 Å². The van der Waals surface area contributed by atoms with Gasteiger partial charge >= 0.3 is 57.4 Å². The number of hydrogen-bond acceptors (Lipinski definition) is 2. The predicted octanol–water partition coefficient (Wildman–Crippen LogP) is 0.0997. The zero-order chi connectivity index (χ0) is 11.5. The van der Waals surface area contributed by atoms with E-state index in [4.69, 9.17) is 10.2 Å². The van der Waals surface area contributed by atoms with Gasteiger partial charge in [0.25, 0.3) is 0 Å². The van der Waals surface area contributed by atoms with Gasteiger partial charge < -0.3 is 10.2 Å². The van der Waals surface area contributed by atoms with E-state index in [1.807, 2.05) is 0 Å². The van der Waals surface area contributed by atoms with Crippen molar-refractivity contribution < 1.29 is 66.4 Å². The molecule has 0 radical (unpaired) electrons. The van der Waals surface area contributed by atoms with Crippen LogP contribution >= 0.6 is 0 Å². The third-order valence-electron chi connectivity index (χ3n) is 1.71. The maximum Gasteiger partial charge on any atom is 1.00 e. The van der Waals surface area contributed by atoms with Crippen molar-refractivity contribution in [1.82, 2.24) is 0 Å². The van der Waals surface area contributed by atoms with Crippen molar-refractivity contribution in [3.05, 3.63) is 42.5 Å². The van der Waals surface area contributed by atoms with Crippen LogP contribution in [0.1, 0.15) is 36.5 Å². The summed E-state index contributed by atoms with van der Waals surface area (Å²) in [5.41, 5.74) is 0.331. The largest absolute Gasteiger partial charge is 1.00 e. The number of carbonyl (C=O) groups is 1. The average Bonchev–Trinajstić information content (AvgIpc) is 2.28. The summed E-state index contributed by atoms with van der Waals surface area (Å²) in [6.07, 6.45) is 3.12. The van der Waals surface area contributed by atoms with Crippen LogP contribution in [0.5, 0.6) is 0 Å². The summed E-state index contributed by atoms with van der Waals surface area (Å²) in [6.45, 7) is 3.31. The van der Waals surface area contributed by atoms with Crippen molar-refractivity contribution in [2.45, 2.75) is 26.2 Å². The second-order valence-electron chi connectivity index (χ2n) is 3.00. The van der Waals surface area contributed by atoms with Crippen LogP contribution in [0, 0.1) is 6.61 Å². The molecule has 1 aromatic carbocycles. The van der Waals surface area contributed by atoms with Gasteiger partial charge in [0.15, 0.2) is 0 Å². The summed E-state index contributed by atoms with van der Waals surface area (Å²) < 4.78 is 0. The fourth-order valence-electron chi connectivity index (χ4n) is 0.876. The van der Waals surface area contributed by atoms with Crippen LogP contribution in [0.4, 0.5) is 0 Å². The molecule has 1 rings (SSSR count). The second-order valence-corrected chi connectivity index (χ2v) is 3.00. The van der Waals surface area contributed by atoms with Crippen molar-refractivity contribution >= 4 is 5.97 Å². The molecular formula is C12H17KO3. The number of carboxylic acids is 1. The van der Waals surface area contributed by atoms with Crippen molar-refractivity contribution in [3.63, 3.8) is 0 Å². The average molecular weight is 248 g/mol. The molecule has 0 amide bonds. The molecule has 0 saturated carbocycles. The first-order valence-electron chi connectivity index (χ1n) is 4.96. The predicted molar refractivity (Wildman–Crippen MR) is 59.2 cm³/mol. The number of rotatable bonds is 4. The molecule has 0 aromatic heterocycles. The van der Waals surface area contributed by atoms with Crippen LogP contribution in [0.15, 0.2) is 30.3 Å². The third kappa shape index (κ3) is 10.8. The number of unbranched alkanes of at least 4 members (excludes halogenated alkanes) is 2. The number of carboxylic acid groups (broad SMARTS) is 1. The Labute approximate surface area is 139 Å². The van der Waals surface area contributed by atoms with Gasteiger partial charge in [0, 0.05) is 0 Å². The Morgan fingerprint density at radius 3 is 2.12 bits per heavy atom. The van der Waals surface area contributed by atoms with Gasteiger partial charge in [0.1, 0.15) is 0 Å². The Kier molecular flexibility index (Phi) is 15.6. The molecule has 0 aliphatic carbocycles. The molecule has 1 aromatic rings. The molecule has 0 bridgehead atoms. The Bertz CT molecular complexity index is 258. The van der Waals surface area contributed by atoms with Crippen LogP contribution in [0.2, 0.25) is 0 Å². The van der Waals surface area contributed by atoms with Gasteiger partial charge in [-0.1, -0.05) is 38.0 Å². The summed E-state index contributed by atoms with van der Waals surface area (Å²) in [5.74, 6) is -0.879. The molecule has 0 aliphatic heterocycles. The summed E-state index contributed by atoms with van der Waals surface area (Å²) in [6, 6.07) is 8.30. The molecule has 0 heterocycles. The first-order valence-corrected chi connectivity index (χ1v) is 4.96. The van der Waals surface area contributed by atoms with E-state index in [0.717, 1.165) is 19.3 Å². The molecule has 2 N–H and O–H groups in total. The van der Waals surface area contributed by atoms with E-state index < -0.39 is 5.97 Å². The van der Waals surface area contributed by atoms with Crippen LogP contribution in [-0.2, 0) is 0 Å². The molecule has 3 nitrogen and oxygen atoms in total. The fraction of sp³-hybridized carbons (Fsp3) is 0.333. The second kappa shape index (κ2) is 13.4. The standard InChI is InChI=1S/C7H6O2.C5H11O.K/c8-7(9)6-4-2-1-3-5-6;1-2-3-4-5-6;/h1-5H,(H,8,9);5-6H,2-4H2,1H3;/q;-1;+1.